The van der Waals surface area contributed by atoms with Crippen molar-refractivity contribution in [3.63, 3.8) is 0 Å². The highest BCUT2D eigenvalue weighted by molar-refractivity contribution is 5.86. The molecular formula is C23H32N4O5. The number of hydrogen-bond acceptors (Lipinski definition) is 9. The maximum Gasteiger partial charge on any atom is 0.159 e. The summed E-state index contributed by atoms with van der Waals surface area (Å²) >= 11 is 0. The summed E-state index contributed by atoms with van der Waals surface area (Å²) in [6.45, 7) is 1.35. The van der Waals surface area contributed by atoms with Crippen LogP contribution in [0.5, 0.6) is 0 Å². The number of likely N-dealkylation sites (tertiary alicyclic amines) is 1. The first-order valence-corrected chi connectivity index (χ1v) is 11.0. The van der Waals surface area contributed by atoms with Gasteiger partial charge >= 0.3 is 0 Å². The van der Waals surface area contributed by atoms with Crippen LogP contribution in [0.1, 0.15) is 36.0 Å². The molecule has 5 N–H and O–H groups in total. The van der Waals surface area contributed by atoms with E-state index in [1.54, 1.807) is 24.5 Å². The molecular weight excluding hydrogens is 412 g/mol. The number of aliphatic hydroxyl groups excluding tert-OH is 4. The van der Waals surface area contributed by atoms with Crippen LogP contribution in [-0.4, -0.2) is 92.2 Å². The van der Waals surface area contributed by atoms with Crippen LogP contribution >= 0.6 is 0 Å². The Morgan fingerprint density at radius 2 is 1.81 bits per heavy atom. The lowest BCUT2D eigenvalue weighted by molar-refractivity contribution is -0.145. The van der Waals surface area contributed by atoms with Gasteiger partial charge in [-0.3, -0.25) is 9.69 Å². The van der Waals surface area contributed by atoms with Crippen molar-refractivity contribution >= 4 is 12.0 Å². The minimum atomic E-state index is -1.22. The van der Waals surface area contributed by atoms with E-state index < -0.39 is 24.4 Å². The summed E-state index contributed by atoms with van der Waals surface area (Å²) in [5, 5.41) is 42.5. The molecule has 0 saturated carbocycles. The number of anilines is 1. The van der Waals surface area contributed by atoms with Gasteiger partial charge in [0.15, 0.2) is 12.1 Å². The van der Waals surface area contributed by atoms with Gasteiger partial charge in [0.1, 0.15) is 12.2 Å². The number of carbonyl (C=O) groups excluding carboxylic acids is 1. The fourth-order valence-corrected chi connectivity index (χ4v) is 4.06. The van der Waals surface area contributed by atoms with E-state index in [0.29, 0.717) is 17.9 Å². The molecule has 1 aromatic heterocycles. The van der Waals surface area contributed by atoms with Crippen LogP contribution in [0.3, 0.4) is 0 Å². The Labute approximate surface area is 187 Å². The fraction of sp³-hybridized carbons (Fsp3) is 0.522. The van der Waals surface area contributed by atoms with Crippen molar-refractivity contribution in [3.8, 4) is 11.4 Å². The highest BCUT2D eigenvalue weighted by atomic mass is 16.4. The molecule has 1 aliphatic heterocycles. The molecule has 0 aliphatic carbocycles. The van der Waals surface area contributed by atoms with E-state index >= 15 is 0 Å². The third kappa shape index (κ3) is 6.08. The van der Waals surface area contributed by atoms with Gasteiger partial charge in [0.05, 0.1) is 18.8 Å². The molecule has 9 heteroatoms. The van der Waals surface area contributed by atoms with E-state index in [9.17, 15) is 25.2 Å². The lowest BCUT2D eigenvalue weighted by atomic mass is 9.94. The molecule has 3 rings (SSSR count). The minimum Gasteiger partial charge on any atom is -0.395 e. The smallest absolute Gasteiger partial charge is 0.159 e. The number of aliphatic hydroxyl groups is 4. The summed E-state index contributed by atoms with van der Waals surface area (Å²) in [4.78, 5) is 21.8. The Bertz CT molecular complexity index is 854. The fourth-order valence-electron chi connectivity index (χ4n) is 4.06. The summed E-state index contributed by atoms with van der Waals surface area (Å²) in [5.74, 6) is 0.578. The molecule has 0 radical (unpaired) electrons. The first kappa shape index (κ1) is 24.2. The van der Waals surface area contributed by atoms with Crippen molar-refractivity contribution in [2.75, 3.05) is 31.6 Å². The number of nitrogens with one attached hydrogen (secondary N) is 1. The zero-order valence-corrected chi connectivity index (χ0v) is 18.0. The second-order valence-corrected chi connectivity index (χ2v) is 8.13. The molecule has 1 aliphatic rings. The number of carbonyl (C=O) groups is 1. The zero-order valence-electron chi connectivity index (χ0n) is 18.0. The number of rotatable bonds is 11. The van der Waals surface area contributed by atoms with Crippen molar-refractivity contribution in [2.45, 2.75) is 50.0 Å². The number of piperidine rings is 1. The van der Waals surface area contributed by atoms with Crippen LogP contribution in [0, 0.1) is 0 Å². The quantitative estimate of drug-likeness (QED) is 0.250. The summed E-state index contributed by atoms with van der Waals surface area (Å²) in [5.41, 5.74) is 2.13. The lowest BCUT2D eigenvalue weighted by Gasteiger charge is -2.43. The Morgan fingerprint density at radius 3 is 2.53 bits per heavy atom. The molecule has 2 heterocycles. The van der Waals surface area contributed by atoms with Gasteiger partial charge in [0, 0.05) is 42.3 Å². The van der Waals surface area contributed by atoms with Gasteiger partial charge in [-0.05, 0) is 43.7 Å². The van der Waals surface area contributed by atoms with Gasteiger partial charge in [-0.15, -0.1) is 0 Å². The van der Waals surface area contributed by atoms with Crippen molar-refractivity contribution < 1.29 is 25.2 Å². The standard InChI is InChI=1S/C23H32N4O5/c28-14-17-12-16(23-25-9-5-10-26-23)6-7-18(17)24-8-3-1-2-4-11-27-13-20(30)22(32)21(31)19(27)15-29/h5-7,9-10,12,14,19-22,24,29-32H,1-4,8,11,13,15H2/t19-,20+,21-,22-/m1/s1. The number of unbranched alkanes of at least 4 members (excludes halogenated alkanes) is 3. The van der Waals surface area contributed by atoms with Crippen molar-refractivity contribution in [1.29, 1.82) is 0 Å². The van der Waals surface area contributed by atoms with E-state index in [4.69, 9.17) is 0 Å². The van der Waals surface area contributed by atoms with Crippen molar-refractivity contribution in [2.24, 2.45) is 0 Å². The predicted octanol–water partition coefficient (Wildman–Crippen LogP) is 0.688. The van der Waals surface area contributed by atoms with E-state index in [2.05, 4.69) is 15.3 Å². The van der Waals surface area contributed by atoms with Crippen LogP contribution in [0.25, 0.3) is 11.4 Å². The van der Waals surface area contributed by atoms with Gasteiger partial charge in [0.25, 0.3) is 0 Å². The maximum absolute atomic E-state index is 11.5. The molecule has 0 unspecified atom stereocenters. The Hall–Kier alpha value is -2.43. The molecule has 32 heavy (non-hydrogen) atoms. The molecule has 174 valence electrons. The summed E-state index contributed by atoms with van der Waals surface area (Å²) in [7, 11) is 0. The molecule has 2 aromatic rings. The van der Waals surface area contributed by atoms with Crippen LogP contribution in [0.2, 0.25) is 0 Å². The van der Waals surface area contributed by atoms with Crippen molar-refractivity contribution in [3.05, 3.63) is 42.2 Å². The Kier molecular flexibility index (Phi) is 9.07. The number of nitrogens with zero attached hydrogens (tertiary/aromatic N) is 3. The van der Waals surface area contributed by atoms with E-state index in [1.807, 2.05) is 17.0 Å². The third-order valence-electron chi connectivity index (χ3n) is 5.91. The number of aromatic nitrogens is 2. The number of aldehydes is 1. The second-order valence-electron chi connectivity index (χ2n) is 8.13. The number of benzene rings is 1. The minimum absolute atomic E-state index is 0.240. The summed E-state index contributed by atoms with van der Waals surface area (Å²) in [6.07, 6.45) is 4.48. The van der Waals surface area contributed by atoms with Crippen LogP contribution in [0.15, 0.2) is 36.7 Å². The second kappa shape index (κ2) is 12.0. The SMILES string of the molecule is O=Cc1cc(-c2ncccn2)ccc1NCCCCCCN1C[C@H](O)[C@@H](O)[C@H](O)[C@H]1CO. The maximum atomic E-state index is 11.5. The predicted molar refractivity (Wildman–Crippen MR) is 120 cm³/mol. The van der Waals surface area contributed by atoms with Gasteiger partial charge < -0.3 is 25.7 Å². The average molecular weight is 445 g/mol. The molecule has 9 nitrogen and oxygen atoms in total. The van der Waals surface area contributed by atoms with E-state index in [1.165, 1.54) is 0 Å². The van der Waals surface area contributed by atoms with E-state index in [0.717, 1.165) is 49.8 Å². The van der Waals surface area contributed by atoms with Crippen LogP contribution in [0.4, 0.5) is 5.69 Å². The molecule has 0 bridgehead atoms. The number of β-amino-alcohol motifs (C(OH)–C–C–N with tert-alkyl or cyclic N) is 1. The molecule has 1 fully saturated rings. The number of hydrogen-bond donors (Lipinski definition) is 5. The highest BCUT2D eigenvalue weighted by Crippen LogP contribution is 2.22. The van der Waals surface area contributed by atoms with Crippen LogP contribution in [-0.2, 0) is 0 Å². The van der Waals surface area contributed by atoms with Gasteiger partial charge in [-0.25, -0.2) is 9.97 Å². The largest absolute Gasteiger partial charge is 0.395 e. The normalized spacial score (nSPS) is 23.8. The van der Waals surface area contributed by atoms with Gasteiger partial charge in [-0.2, -0.15) is 0 Å². The summed E-state index contributed by atoms with van der Waals surface area (Å²) in [6, 6.07) is 6.73. The lowest BCUT2D eigenvalue weighted by Crippen LogP contribution is -2.62. The first-order valence-electron chi connectivity index (χ1n) is 11.0. The molecule has 0 spiro atoms. The van der Waals surface area contributed by atoms with Crippen LogP contribution < -0.4 is 5.32 Å². The third-order valence-corrected chi connectivity index (χ3v) is 5.91. The molecule has 4 atom stereocenters. The molecule has 1 saturated heterocycles. The highest BCUT2D eigenvalue weighted by Gasteiger charge is 2.40. The van der Waals surface area contributed by atoms with E-state index in [-0.39, 0.29) is 13.2 Å². The zero-order chi connectivity index (χ0) is 22.9. The molecule has 1 aromatic carbocycles. The van der Waals surface area contributed by atoms with Gasteiger partial charge in [0.2, 0.25) is 0 Å². The Balaban J connectivity index is 1.39. The monoisotopic (exact) mass is 444 g/mol. The first-order chi connectivity index (χ1) is 15.5. The van der Waals surface area contributed by atoms with Crippen molar-refractivity contribution in [1.82, 2.24) is 14.9 Å². The average Bonchev–Trinajstić information content (AvgIpc) is 2.82. The molecule has 0 amide bonds. The topological polar surface area (TPSA) is 139 Å². The van der Waals surface area contributed by atoms with Gasteiger partial charge in [-0.1, -0.05) is 12.8 Å². The Morgan fingerprint density at radius 1 is 1.06 bits per heavy atom. The summed E-state index contributed by atoms with van der Waals surface area (Å²) < 4.78 is 0.